The van der Waals surface area contributed by atoms with Gasteiger partial charge in [-0.1, -0.05) is 40.0 Å². The number of hydrogen-bond donors (Lipinski definition) is 1. The third kappa shape index (κ3) is 3.71. The van der Waals surface area contributed by atoms with E-state index in [1.165, 1.54) is 51.7 Å². The van der Waals surface area contributed by atoms with Gasteiger partial charge in [0.25, 0.3) is 0 Å². The van der Waals surface area contributed by atoms with E-state index in [-0.39, 0.29) is 0 Å². The van der Waals surface area contributed by atoms with Crippen LogP contribution in [0.2, 0.25) is 0 Å². The fraction of sp³-hybridized carbons (Fsp3) is 1.00. The van der Waals surface area contributed by atoms with Crippen LogP contribution in [0.5, 0.6) is 0 Å². The van der Waals surface area contributed by atoms with E-state index in [2.05, 4.69) is 31.0 Å². The number of hydrogen-bond acceptors (Lipinski definition) is 2. The average molecular weight is 252 g/mol. The molecule has 0 aromatic rings. The predicted molar refractivity (Wildman–Crippen MR) is 78.8 cm³/mol. The fourth-order valence-electron chi connectivity index (χ4n) is 3.86. The van der Waals surface area contributed by atoms with Gasteiger partial charge >= 0.3 is 0 Å². The Kier molecular flexibility index (Phi) is 5.50. The number of nitrogens with zero attached hydrogens (tertiary/aromatic N) is 1. The number of rotatable bonds is 4. The van der Waals surface area contributed by atoms with Crippen LogP contribution in [0.1, 0.15) is 52.9 Å². The molecule has 0 amide bonds. The van der Waals surface area contributed by atoms with Crippen molar-refractivity contribution in [2.45, 2.75) is 58.9 Å². The molecule has 1 saturated carbocycles. The lowest BCUT2D eigenvalue weighted by molar-refractivity contribution is 0.219. The Morgan fingerprint density at radius 2 is 1.67 bits per heavy atom. The Labute approximate surface area is 114 Å². The van der Waals surface area contributed by atoms with Crippen LogP contribution in [0, 0.1) is 17.8 Å². The van der Waals surface area contributed by atoms with Crippen molar-refractivity contribution in [1.29, 1.82) is 0 Å². The van der Waals surface area contributed by atoms with Gasteiger partial charge in [0, 0.05) is 25.7 Å². The van der Waals surface area contributed by atoms with Gasteiger partial charge in [0.1, 0.15) is 0 Å². The normalized spacial score (nSPS) is 38.8. The van der Waals surface area contributed by atoms with Crippen LogP contribution < -0.4 is 5.32 Å². The quantitative estimate of drug-likeness (QED) is 0.773. The first kappa shape index (κ1) is 14.3. The molecule has 106 valence electrons. The van der Waals surface area contributed by atoms with Crippen LogP contribution in [-0.4, -0.2) is 37.1 Å². The van der Waals surface area contributed by atoms with Crippen molar-refractivity contribution in [3.8, 4) is 0 Å². The lowest BCUT2D eigenvalue weighted by atomic mass is 9.94. The van der Waals surface area contributed by atoms with Gasteiger partial charge in [0.15, 0.2) is 0 Å². The molecule has 0 aromatic heterocycles. The largest absolute Gasteiger partial charge is 0.314 e. The highest BCUT2D eigenvalue weighted by atomic mass is 15.2. The molecule has 2 fully saturated rings. The Morgan fingerprint density at radius 3 is 2.33 bits per heavy atom. The minimum Gasteiger partial charge on any atom is -0.314 e. The maximum atomic E-state index is 3.74. The number of likely N-dealkylation sites (tertiary alicyclic amines) is 1. The first-order valence-electron chi connectivity index (χ1n) is 8.16. The summed E-state index contributed by atoms with van der Waals surface area (Å²) in [5.74, 6) is 2.69. The van der Waals surface area contributed by atoms with E-state index >= 15 is 0 Å². The molecule has 0 aromatic carbocycles. The minimum absolute atomic E-state index is 0.781. The second-order valence-corrected chi connectivity index (χ2v) is 6.74. The SMILES string of the molecule is CCNC1CCCCCC1CN1CC(C)C(C)C1. The highest BCUT2D eigenvalue weighted by Crippen LogP contribution is 2.28. The van der Waals surface area contributed by atoms with Crippen LogP contribution in [0.15, 0.2) is 0 Å². The van der Waals surface area contributed by atoms with E-state index in [1.807, 2.05) is 0 Å². The van der Waals surface area contributed by atoms with Crippen molar-refractivity contribution in [3.63, 3.8) is 0 Å². The van der Waals surface area contributed by atoms with E-state index in [1.54, 1.807) is 0 Å². The smallest absolute Gasteiger partial charge is 0.0107 e. The summed E-state index contributed by atoms with van der Waals surface area (Å²) >= 11 is 0. The van der Waals surface area contributed by atoms with Gasteiger partial charge in [-0.3, -0.25) is 0 Å². The summed E-state index contributed by atoms with van der Waals surface area (Å²) in [6, 6.07) is 0.781. The van der Waals surface area contributed by atoms with Gasteiger partial charge in [-0.25, -0.2) is 0 Å². The third-order valence-corrected chi connectivity index (χ3v) is 5.18. The molecule has 2 heteroatoms. The van der Waals surface area contributed by atoms with Crippen LogP contribution in [0.3, 0.4) is 0 Å². The van der Waals surface area contributed by atoms with Crippen molar-refractivity contribution in [2.75, 3.05) is 26.2 Å². The zero-order chi connectivity index (χ0) is 13.0. The van der Waals surface area contributed by atoms with Crippen LogP contribution in [0.4, 0.5) is 0 Å². The summed E-state index contributed by atoms with van der Waals surface area (Å²) in [6.45, 7) is 12.2. The van der Waals surface area contributed by atoms with Gasteiger partial charge in [-0.15, -0.1) is 0 Å². The fourth-order valence-corrected chi connectivity index (χ4v) is 3.86. The van der Waals surface area contributed by atoms with E-state index in [0.717, 1.165) is 30.3 Å². The lowest BCUT2D eigenvalue weighted by Gasteiger charge is -2.30. The topological polar surface area (TPSA) is 15.3 Å². The molecule has 2 rings (SSSR count). The predicted octanol–water partition coefficient (Wildman–Crippen LogP) is 3.13. The molecule has 4 unspecified atom stereocenters. The van der Waals surface area contributed by atoms with Crippen LogP contribution in [-0.2, 0) is 0 Å². The van der Waals surface area contributed by atoms with Crippen molar-refractivity contribution in [2.24, 2.45) is 17.8 Å². The third-order valence-electron chi connectivity index (χ3n) is 5.18. The van der Waals surface area contributed by atoms with Crippen molar-refractivity contribution >= 4 is 0 Å². The molecule has 1 N–H and O–H groups in total. The molecule has 1 aliphatic heterocycles. The first-order valence-corrected chi connectivity index (χ1v) is 8.16. The van der Waals surface area contributed by atoms with E-state index in [4.69, 9.17) is 0 Å². The molecule has 0 bridgehead atoms. The van der Waals surface area contributed by atoms with Crippen molar-refractivity contribution < 1.29 is 0 Å². The highest BCUT2D eigenvalue weighted by molar-refractivity contribution is 4.85. The molecule has 1 saturated heterocycles. The van der Waals surface area contributed by atoms with Crippen molar-refractivity contribution in [3.05, 3.63) is 0 Å². The Bertz CT molecular complexity index is 231. The molecule has 4 atom stereocenters. The number of nitrogens with one attached hydrogen (secondary N) is 1. The summed E-state index contributed by atoms with van der Waals surface area (Å²) in [5.41, 5.74) is 0. The van der Waals surface area contributed by atoms with Gasteiger partial charge in [0.05, 0.1) is 0 Å². The van der Waals surface area contributed by atoms with E-state index in [9.17, 15) is 0 Å². The molecule has 0 radical (unpaired) electrons. The Morgan fingerprint density at radius 1 is 1.00 bits per heavy atom. The average Bonchev–Trinajstić information content (AvgIpc) is 2.53. The zero-order valence-corrected chi connectivity index (χ0v) is 12.6. The van der Waals surface area contributed by atoms with Crippen LogP contribution in [0.25, 0.3) is 0 Å². The van der Waals surface area contributed by atoms with Gasteiger partial charge in [-0.05, 0) is 37.1 Å². The monoisotopic (exact) mass is 252 g/mol. The second kappa shape index (κ2) is 6.91. The summed E-state index contributed by atoms with van der Waals surface area (Å²) in [6.07, 6.45) is 7.17. The molecule has 1 aliphatic carbocycles. The second-order valence-electron chi connectivity index (χ2n) is 6.74. The maximum Gasteiger partial charge on any atom is 0.0107 e. The maximum absolute atomic E-state index is 3.74. The first-order chi connectivity index (χ1) is 8.70. The summed E-state index contributed by atoms with van der Waals surface area (Å²) in [4.78, 5) is 2.73. The standard InChI is InChI=1S/C16H32N2/c1-4-17-16-9-7-5-6-8-15(16)12-18-10-13(2)14(3)11-18/h13-17H,4-12H2,1-3H3. The molecule has 2 aliphatic rings. The lowest BCUT2D eigenvalue weighted by Crippen LogP contribution is -2.41. The molecular weight excluding hydrogens is 220 g/mol. The van der Waals surface area contributed by atoms with Crippen molar-refractivity contribution in [1.82, 2.24) is 10.2 Å². The highest BCUT2D eigenvalue weighted by Gasteiger charge is 2.30. The van der Waals surface area contributed by atoms with Gasteiger partial charge in [0.2, 0.25) is 0 Å². The molecule has 1 heterocycles. The molecule has 18 heavy (non-hydrogen) atoms. The summed E-state index contributed by atoms with van der Waals surface area (Å²) in [5, 5.41) is 3.74. The molecule has 0 spiro atoms. The molecule has 2 nitrogen and oxygen atoms in total. The Hall–Kier alpha value is -0.0800. The van der Waals surface area contributed by atoms with E-state index < -0.39 is 0 Å². The van der Waals surface area contributed by atoms with Gasteiger partial charge in [-0.2, -0.15) is 0 Å². The summed E-state index contributed by atoms with van der Waals surface area (Å²) in [7, 11) is 0. The molecular formula is C16H32N2. The minimum atomic E-state index is 0.781. The summed E-state index contributed by atoms with van der Waals surface area (Å²) < 4.78 is 0. The van der Waals surface area contributed by atoms with E-state index in [0.29, 0.717) is 0 Å². The van der Waals surface area contributed by atoms with Crippen LogP contribution >= 0.6 is 0 Å². The van der Waals surface area contributed by atoms with Gasteiger partial charge < -0.3 is 10.2 Å². The zero-order valence-electron chi connectivity index (χ0n) is 12.6. The Balaban J connectivity index is 1.88.